The van der Waals surface area contributed by atoms with Gasteiger partial charge in [0, 0.05) is 5.54 Å². The Morgan fingerprint density at radius 2 is 1.86 bits per heavy atom. The molecule has 0 aliphatic heterocycles. The van der Waals surface area contributed by atoms with Gasteiger partial charge in [0.25, 0.3) is 0 Å². The third-order valence-electron chi connectivity index (χ3n) is 3.30. The van der Waals surface area contributed by atoms with Gasteiger partial charge in [0.15, 0.2) is 0 Å². The molecule has 0 amide bonds. The van der Waals surface area contributed by atoms with Crippen molar-refractivity contribution in [2.75, 3.05) is 13.6 Å². The molecular formula is C13H27N. The Hall–Kier alpha value is -0.300. The second-order valence-electron chi connectivity index (χ2n) is 4.73. The summed E-state index contributed by atoms with van der Waals surface area (Å²) in [4.78, 5) is 2.47. The average molecular weight is 197 g/mol. The molecule has 0 saturated carbocycles. The standard InChI is InChI=1S/C13H27N/c1-6-8-9-10-11-12-14(5)13(3,4)7-2/h6H,1,7-12H2,2-5H3. The van der Waals surface area contributed by atoms with Crippen molar-refractivity contribution in [3.8, 4) is 0 Å². The molecule has 0 aliphatic carbocycles. The van der Waals surface area contributed by atoms with E-state index in [1.807, 2.05) is 6.08 Å². The van der Waals surface area contributed by atoms with Gasteiger partial charge < -0.3 is 4.90 Å². The molecule has 0 aromatic rings. The predicted molar refractivity (Wildman–Crippen MR) is 65.7 cm³/mol. The van der Waals surface area contributed by atoms with Crippen molar-refractivity contribution in [3.05, 3.63) is 12.7 Å². The lowest BCUT2D eigenvalue weighted by molar-refractivity contribution is 0.148. The lowest BCUT2D eigenvalue weighted by Crippen LogP contribution is -2.40. The Morgan fingerprint density at radius 1 is 1.21 bits per heavy atom. The molecule has 0 saturated heterocycles. The summed E-state index contributed by atoms with van der Waals surface area (Å²) in [6.07, 6.45) is 8.34. The number of hydrogen-bond donors (Lipinski definition) is 0. The molecule has 0 heterocycles. The van der Waals surface area contributed by atoms with Crippen LogP contribution in [0.25, 0.3) is 0 Å². The van der Waals surface area contributed by atoms with Crippen LogP contribution in [0, 0.1) is 0 Å². The quantitative estimate of drug-likeness (QED) is 0.422. The van der Waals surface area contributed by atoms with Crippen LogP contribution in [0.15, 0.2) is 12.7 Å². The first-order valence-corrected chi connectivity index (χ1v) is 5.86. The molecule has 0 bridgehead atoms. The van der Waals surface area contributed by atoms with E-state index in [0.29, 0.717) is 5.54 Å². The molecule has 1 nitrogen and oxygen atoms in total. The zero-order chi connectivity index (χ0) is 11.0. The van der Waals surface area contributed by atoms with Crippen molar-refractivity contribution in [1.29, 1.82) is 0 Å². The Kier molecular flexibility index (Phi) is 6.90. The lowest BCUT2D eigenvalue weighted by Gasteiger charge is -2.34. The summed E-state index contributed by atoms with van der Waals surface area (Å²) >= 11 is 0. The van der Waals surface area contributed by atoms with Crippen LogP contribution in [-0.4, -0.2) is 24.0 Å². The number of nitrogens with zero attached hydrogens (tertiary/aromatic N) is 1. The first kappa shape index (κ1) is 13.7. The minimum atomic E-state index is 0.360. The van der Waals surface area contributed by atoms with Crippen molar-refractivity contribution >= 4 is 0 Å². The highest BCUT2D eigenvalue weighted by atomic mass is 15.2. The summed E-state index contributed by atoms with van der Waals surface area (Å²) in [7, 11) is 2.23. The molecule has 14 heavy (non-hydrogen) atoms. The number of unbranched alkanes of at least 4 members (excludes halogenated alkanes) is 3. The van der Waals surface area contributed by atoms with Crippen LogP contribution in [0.2, 0.25) is 0 Å². The van der Waals surface area contributed by atoms with Gasteiger partial charge in [-0.1, -0.05) is 19.4 Å². The molecule has 0 aliphatic rings. The van der Waals surface area contributed by atoms with E-state index >= 15 is 0 Å². The van der Waals surface area contributed by atoms with Gasteiger partial charge in [-0.15, -0.1) is 6.58 Å². The van der Waals surface area contributed by atoms with Gasteiger partial charge in [0.1, 0.15) is 0 Å². The van der Waals surface area contributed by atoms with E-state index in [4.69, 9.17) is 0 Å². The van der Waals surface area contributed by atoms with Gasteiger partial charge in [-0.3, -0.25) is 0 Å². The van der Waals surface area contributed by atoms with E-state index in [9.17, 15) is 0 Å². The van der Waals surface area contributed by atoms with E-state index in [1.165, 1.54) is 38.6 Å². The number of rotatable bonds is 8. The monoisotopic (exact) mass is 197 g/mol. The Bertz CT molecular complexity index is 149. The fourth-order valence-corrected chi connectivity index (χ4v) is 1.39. The molecule has 0 fully saturated rings. The van der Waals surface area contributed by atoms with Crippen LogP contribution in [0.1, 0.15) is 52.9 Å². The number of hydrogen-bond acceptors (Lipinski definition) is 1. The van der Waals surface area contributed by atoms with Gasteiger partial charge >= 0.3 is 0 Å². The molecule has 0 radical (unpaired) electrons. The zero-order valence-corrected chi connectivity index (χ0v) is 10.5. The minimum Gasteiger partial charge on any atom is -0.301 e. The summed E-state index contributed by atoms with van der Waals surface area (Å²) in [5.74, 6) is 0. The Balaban J connectivity index is 3.53. The summed E-state index contributed by atoms with van der Waals surface area (Å²) < 4.78 is 0. The van der Waals surface area contributed by atoms with Crippen molar-refractivity contribution in [1.82, 2.24) is 4.90 Å². The molecular weight excluding hydrogens is 170 g/mol. The third-order valence-corrected chi connectivity index (χ3v) is 3.30. The summed E-state index contributed by atoms with van der Waals surface area (Å²) in [5, 5.41) is 0. The Labute approximate surface area is 90.2 Å². The van der Waals surface area contributed by atoms with Gasteiger partial charge in [-0.25, -0.2) is 0 Å². The van der Waals surface area contributed by atoms with Crippen LogP contribution in [-0.2, 0) is 0 Å². The SMILES string of the molecule is C=CCCCCCN(C)C(C)(C)CC. The van der Waals surface area contributed by atoms with Crippen LogP contribution in [0.4, 0.5) is 0 Å². The second kappa shape index (κ2) is 7.05. The third kappa shape index (κ3) is 5.43. The fraction of sp³-hybridized carbons (Fsp3) is 0.846. The van der Waals surface area contributed by atoms with Gasteiger partial charge in [0.05, 0.1) is 0 Å². The normalized spacial score (nSPS) is 12.1. The molecule has 0 rings (SSSR count). The minimum absolute atomic E-state index is 0.360. The van der Waals surface area contributed by atoms with Gasteiger partial charge in [-0.2, -0.15) is 0 Å². The largest absolute Gasteiger partial charge is 0.301 e. The molecule has 0 aromatic carbocycles. The second-order valence-corrected chi connectivity index (χ2v) is 4.73. The Morgan fingerprint density at radius 3 is 2.36 bits per heavy atom. The number of allylic oxidation sites excluding steroid dienone is 1. The highest BCUT2D eigenvalue weighted by Crippen LogP contribution is 2.17. The van der Waals surface area contributed by atoms with Gasteiger partial charge in [0.2, 0.25) is 0 Å². The van der Waals surface area contributed by atoms with Crippen molar-refractivity contribution in [2.45, 2.75) is 58.4 Å². The first-order valence-electron chi connectivity index (χ1n) is 5.86. The smallest absolute Gasteiger partial charge is 0.0147 e. The summed E-state index contributed by atoms with van der Waals surface area (Å²) in [6, 6.07) is 0. The van der Waals surface area contributed by atoms with E-state index in [2.05, 4.69) is 39.3 Å². The summed E-state index contributed by atoms with van der Waals surface area (Å²) in [5.41, 5.74) is 0.360. The highest BCUT2D eigenvalue weighted by molar-refractivity contribution is 4.77. The molecule has 0 unspecified atom stereocenters. The molecule has 0 atom stereocenters. The van der Waals surface area contributed by atoms with E-state index in [0.717, 1.165) is 0 Å². The first-order chi connectivity index (χ1) is 6.54. The van der Waals surface area contributed by atoms with E-state index in [-0.39, 0.29) is 0 Å². The van der Waals surface area contributed by atoms with Crippen molar-refractivity contribution in [3.63, 3.8) is 0 Å². The maximum absolute atomic E-state index is 3.74. The zero-order valence-electron chi connectivity index (χ0n) is 10.5. The van der Waals surface area contributed by atoms with Crippen LogP contribution < -0.4 is 0 Å². The maximum atomic E-state index is 3.74. The van der Waals surface area contributed by atoms with Crippen LogP contribution in [0.5, 0.6) is 0 Å². The maximum Gasteiger partial charge on any atom is 0.0147 e. The topological polar surface area (TPSA) is 3.24 Å². The van der Waals surface area contributed by atoms with Crippen molar-refractivity contribution in [2.24, 2.45) is 0 Å². The van der Waals surface area contributed by atoms with Crippen LogP contribution >= 0.6 is 0 Å². The molecule has 0 spiro atoms. The molecule has 1 heteroatoms. The van der Waals surface area contributed by atoms with Crippen LogP contribution in [0.3, 0.4) is 0 Å². The van der Waals surface area contributed by atoms with Gasteiger partial charge in [-0.05, 0) is 53.1 Å². The fourth-order valence-electron chi connectivity index (χ4n) is 1.39. The van der Waals surface area contributed by atoms with E-state index in [1.54, 1.807) is 0 Å². The molecule has 84 valence electrons. The average Bonchev–Trinajstić information content (AvgIpc) is 2.17. The highest BCUT2D eigenvalue weighted by Gasteiger charge is 2.19. The predicted octanol–water partition coefficient (Wildman–Crippen LogP) is 3.85. The molecule has 0 aromatic heterocycles. The summed E-state index contributed by atoms with van der Waals surface area (Å²) in [6.45, 7) is 11.8. The van der Waals surface area contributed by atoms with Crippen molar-refractivity contribution < 1.29 is 0 Å². The lowest BCUT2D eigenvalue weighted by atomic mass is 9.99. The molecule has 0 N–H and O–H groups in total. The van der Waals surface area contributed by atoms with E-state index < -0.39 is 0 Å².